The van der Waals surface area contributed by atoms with Crippen molar-refractivity contribution < 1.29 is 9.59 Å². The zero-order chi connectivity index (χ0) is 13.8. The fraction of sp³-hybridized carbons (Fsp3) is 0.647. The second-order valence-corrected chi connectivity index (χ2v) is 7.09. The van der Waals surface area contributed by atoms with Gasteiger partial charge in [-0.2, -0.15) is 0 Å². The van der Waals surface area contributed by atoms with Crippen molar-refractivity contribution in [1.82, 2.24) is 0 Å². The molecular weight excluding hydrogens is 236 g/mol. The molecule has 4 aliphatic rings. The van der Waals surface area contributed by atoms with Crippen molar-refractivity contribution in [2.24, 2.45) is 16.7 Å². The number of Topliss-reactive ketones (excluding diaryl/α,β-unsaturated/α-hetero) is 2. The molecule has 0 heterocycles. The van der Waals surface area contributed by atoms with E-state index in [0.717, 1.165) is 31.3 Å². The Morgan fingerprint density at radius 1 is 1.21 bits per heavy atom. The van der Waals surface area contributed by atoms with E-state index in [-0.39, 0.29) is 17.0 Å². The van der Waals surface area contributed by atoms with Crippen LogP contribution in [0.15, 0.2) is 23.3 Å². The van der Waals surface area contributed by atoms with Crippen LogP contribution in [0.25, 0.3) is 0 Å². The highest BCUT2D eigenvalue weighted by Crippen LogP contribution is 2.53. The predicted octanol–water partition coefficient (Wildman–Crippen LogP) is 3.62. The molecule has 4 aliphatic carbocycles. The number of hydrogen-bond acceptors (Lipinski definition) is 2. The van der Waals surface area contributed by atoms with Crippen LogP contribution in [0.5, 0.6) is 0 Å². The molecule has 2 atom stereocenters. The first-order valence-corrected chi connectivity index (χ1v) is 7.35. The van der Waals surface area contributed by atoms with Gasteiger partial charge in [-0.3, -0.25) is 9.59 Å². The molecule has 2 unspecified atom stereocenters. The largest absolute Gasteiger partial charge is 0.298 e. The van der Waals surface area contributed by atoms with Gasteiger partial charge < -0.3 is 0 Å². The van der Waals surface area contributed by atoms with Crippen molar-refractivity contribution in [2.75, 3.05) is 0 Å². The van der Waals surface area contributed by atoms with E-state index in [2.05, 4.69) is 13.0 Å². The van der Waals surface area contributed by atoms with Gasteiger partial charge in [0.2, 0.25) is 0 Å². The average Bonchev–Trinajstić information content (AvgIpc) is 2.34. The van der Waals surface area contributed by atoms with Gasteiger partial charge in [0.25, 0.3) is 0 Å². The van der Waals surface area contributed by atoms with Crippen molar-refractivity contribution >= 4 is 11.6 Å². The van der Waals surface area contributed by atoms with Crippen LogP contribution >= 0.6 is 0 Å². The molecule has 102 valence electrons. The lowest BCUT2D eigenvalue weighted by Crippen LogP contribution is -2.46. The molecule has 0 spiro atoms. The predicted molar refractivity (Wildman–Crippen MR) is 74.6 cm³/mol. The van der Waals surface area contributed by atoms with Gasteiger partial charge in [-0.1, -0.05) is 31.6 Å². The number of ketones is 2. The van der Waals surface area contributed by atoms with Crippen LogP contribution in [0.1, 0.15) is 52.9 Å². The first kappa shape index (κ1) is 12.8. The normalized spacial score (nSPS) is 37.1. The van der Waals surface area contributed by atoms with Gasteiger partial charge in [0.05, 0.1) is 5.41 Å². The third kappa shape index (κ3) is 1.69. The first-order valence-electron chi connectivity index (χ1n) is 7.35. The molecule has 0 aromatic rings. The van der Waals surface area contributed by atoms with Gasteiger partial charge in [0.1, 0.15) is 5.78 Å². The van der Waals surface area contributed by atoms with Crippen molar-refractivity contribution in [3.05, 3.63) is 23.3 Å². The van der Waals surface area contributed by atoms with Gasteiger partial charge in [-0.15, -0.1) is 0 Å². The van der Waals surface area contributed by atoms with Crippen LogP contribution in [0.3, 0.4) is 0 Å². The van der Waals surface area contributed by atoms with Crippen molar-refractivity contribution in [3.8, 4) is 0 Å². The lowest BCUT2D eigenvalue weighted by Gasteiger charge is -2.46. The van der Waals surface area contributed by atoms with E-state index in [1.54, 1.807) is 0 Å². The van der Waals surface area contributed by atoms with Gasteiger partial charge in [0.15, 0.2) is 5.78 Å². The lowest BCUT2D eigenvalue weighted by molar-refractivity contribution is -0.133. The second kappa shape index (κ2) is 3.91. The molecule has 1 saturated carbocycles. The minimum absolute atomic E-state index is 0.191. The number of fused-ring (bicyclic) bond motifs is 2. The van der Waals surface area contributed by atoms with E-state index in [4.69, 9.17) is 0 Å². The Kier molecular flexibility index (Phi) is 2.64. The number of carbonyl (C=O) groups excluding carboxylic acids is 2. The van der Waals surface area contributed by atoms with Gasteiger partial charge in [0, 0.05) is 17.4 Å². The van der Waals surface area contributed by atoms with Crippen LogP contribution in [0, 0.1) is 16.7 Å². The number of allylic oxidation sites excluding steroid dienone is 4. The quantitative estimate of drug-likeness (QED) is 0.673. The Labute approximate surface area is 115 Å². The molecule has 4 rings (SSSR count). The molecule has 0 aromatic heterocycles. The van der Waals surface area contributed by atoms with E-state index in [1.165, 1.54) is 5.57 Å². The smallest absolute Gasteiger partial charge is 0.165 e. The molecule has 0 aliphatic heterocycles. The highest BCUT2D eigenvalue weighted by molar-refractivity contribution is 6.09. The van der Waals surface area contributed by atoms with Crippen LogP contribution in [0.4, 0.5) is 0 Å². The van der Waals surface area contributed by atoms with Crippen LogP contribution in [-0.4, -0.2) is 11.6 Å². The lowest BCUT2D eigenvalue weighted by atomic mass is 9.55. The summed E-state index contributed by atoms with van der Waals surface area (Å²) >= 11 is 0. The van der Waals surface area contributed by atoms with Crippen LogP contribution in [-0.2, 0) is 9.59 Å². The molecule has 19 heavy (non-hydrogen) atoms. The molecule has 0 N–H and O–H groups in total. The highest BCUT2D eigenvalue weighted by Gasteiger charge is 2.52. The molecule has 2 nitrogen and oxygen atoms in total. The van der Waals surface area contributed by atoms with E-state index in [1.807, 2.05) is 19.9 Å². The molecule has 2 heteroatoms. The summed E-state index contributed by atoms with van der Waals surface area (Å²) in [5, 5.41) is 0. The number of carbonyl (C=O) groups is 2. The SMILES string of the molecule is CC1=CC2(C3=CCCC(C)(C)C3=O)CCC1CC2=O. The molecule has 0 amide bonds. The first-order chi connectivity index (χ1) is 8.87. The number of rotatable bonds is 1. The monoisotopic (exact) mass is 258 g/mol. The molecule has 0 saturated heterocycles. The van der Waals surface area contributed by atoms with E-state index >= 15 is 0 Å². The summed E-state index contributed by atoms with van der Waals surface area (Å²) in [5.74, 6) is 0.893. The Bertz CT molecular complexity index is 521. The maximum atomic E-state index is 12.7. The Balaban J connectivity index is 2.10. The molecular formula is C17H22O2. The summed E-state index contributed by atoms with van der Waals surface area (Å²) in [6, 6.07) is 0. The fourth-order valence-electron chi connectivity index (χ4n) is 3.99. The molecule has 0 aromatic carbocycles. The Hall–Kier alpha value is -1.18. The van der Waals surface area contributed by atoms with Crippen LogP contribution < -0.4 is 0 Å². The zero-order valence-electron chi connectivity index (χ0n) is 12.1. The summed E-state index contributed by atoms with van der Waals surface area (Å²) in [5.41, 5.74) is 1.22. The summed E-state index contributed by atoms with van der Waals surface area (Å²) in [6.45, 7) is 6.13. The third-order valence-electron chi connectivity index (χ3n) is 5.39. The standard InChI is InChI=1S/C17H22O2/c1-11-10-17(8-6-12(11)9-14(17)18)13-5-4-7-16(2,3)15(13)19/h5,10,12H,4,6-9H2,1-3H3. The van der Waals surface area contributed by atoms with Crippen molar-refractivity contribution in [2.45, 2.75) is 52.9 Å². The maximum absolute atomic E-state index is 12.7. The third-order valence-corrected chi connectivity index (χ3v) is 5.39. The average molecular weight is 258 g/mol. The summed E-state index contributed by atoms with van der Waals surface area (Å²) in [6.07, 6.45) is 8.48. The van der Waals surface area contributed by atoms with Crippen molar-refractivity contribution in [1.29, 1.82) is 0 Å². The van der Waals surface area contributed by atoms with Crippen LogP contribution in [0.2, 0.25) is 0 Å². The zero-order valence-corrected chi connectivity index (χ0v) is 12.1. The Morgan fingerprint density at radius 3 is 2.58 bits per heavy atom. The van der Waals surface area contributed by atoms with E-state index in [0.29, 0.717) is 12.3 Å². The second-order valence-electron chi connectivity index (χ2n) is 7.09. The van der Waals surface area contributed by atoms with Crippen molar-refractivity contribution in [3.63, 3.8) is 0 Å². The summed E-state index contributed by atoms with van der Waals surface area (Å²) in [4.78, 5) is 25.3. The van der Waals surface area contributed by atoms with Gasteiger partial charge >= 0.3 is 0 Å². The minimum Gasteiger partial charge on any atom is -0.298 e. The summed E-state index contributed by atoms with van der Waals surface area (Å²) in [7, 11) is 0. The fourth-order valence-corrected chi connectivity index (χ4v) is 3.99. The minimum atomic E-state index is -0.576. The van der Waals surface area contributed by atoms with E-state index < -0.39 is 5.41 Å². The maximum Gasteiger partial charge on any atom is 0.165 e. The molecule has 0 radical (unpaired) electrons. The van der Waals surface area contributed by atoms with E-state index in [9.17, 15) is 9.59 Å². The number of hydrogen-bond donors (Lipinski definition) is 0. The topological polar surface area (TPSA) is 34.1 Å². The summed E-state index contributed by atoms with van der Waals surface area (Å²) < 4.78 is 0. The van der Waals surface area contributed by atoms with Gasteiger partial charge in [-0.25, -0.2) is 0 Å². The Morgan fingerprint density at radius 2 is 1.95 bits per heavy atom. The molecule has 1 fully saturated rings. The highest BCUT2D eigenvalue weighted by atomic mass is 16.1. The van der Waals surface area contributed by atoms with Gasteiger partial charge in [-0.05, 0) is 38.5 Å². The molecule has 2 bridgehead atoms.